The van der Waals surface area contributed by atoms with Crippen molar-refractivity contribution in [3.63, 3.8) is 0 Å². The Bertz CT molecular complexity index is 601. The third kappa shape index (κ3) is 5.21. The number of hydrogen-bond donors (Lipinski definition) is 2. The molecule has 2 rings (SSSR count). The van der Waals surface area contributed by atoms with E-state index in [9.17, 15) is 9.90 Å². The van der Waals surface area contributed by atoms with Crippen molar-refractivity contribution < 1.29 is 14.6 Å². The maximum Gasteiger partial charge on any atom is 0.251 e. The average Bonchev–Trinajstić information content (AvgIpc) is 2.53. The summed E-state index contributed by atoms with van der Waals surface area (Å²) in [6.45, 7) is 17.1. The van der Waals surface area contributed by atoms with E-state index in [1.807, 2.05) is 12.1 Å². The first-order valence-corrected chi connectivity index (χ1v) is 9.46. The molecule has 26 heavy (non-hydrogen) atoms. The normalized spacial score (nSPS) is 16.5. The summed E-state index contributed by atoms with van der Waals surface area (Å²) in [5.41, 5.74) is 1.74. The SMILES string of the molecule is CC(C)(C)c1cc(C(=O)NCCN2CCOCC2)cc(C(C)(C)C)c1O. The lowest BCUT2D eigenvalue weighted by atomic mass is 9.78. The van der Waals surface area contributed by atoms with Gasteiger partial charge >= 0.3 is 0 Å². The van der Waals surface area contributed by atoms with Crippen molar-refractivity contribution in [1.82, 2.24) is 10.2 Å². The van der Waals surface area contributed by atoms with Gasteiger partial charge in [-0.15, -0.1) is 0 Å². The number of aromatic hydroxyl groups is 1. The molecule has 0 spiro atoms. The molecule has 0 aliphatic carbocycles. The number of nitrogens with one attached hydrogen (secondary N) is 1. The Morgan fingerprint density at radius 3 is 2.04 bits per heavy atom. The molecule has 0 aromatic heterocycles. The van der Waals surface area contributed by atoms with Crippen LogP contribution in [0.2, 0.25) is 0 Å². The predicted molar refractivity (Wildman–Crippen MR) is 105 cm³/mol. The first-order chi connectivity index (χ1) is 12.0. The van der Waals surface area contributed by atoms with E-state index >= 15 is 0 Å². The molecule has 1 aromatic rings. The van der Waals surface area contributed by atoms with Crippen molar-refractivity contribution in [3.05, 3.63) is 28.8 Å². The first kappa shape index (κ1) is 20.7. The molecule has 1 fully saturated rings. The van der Waals surface area contributed by atoms with Crippen molar-refractivity contribution in [2.45, 2.75) is 52.4 Å². The van der Waals surface area contributed by atoms with Gasteiger partial charge in [0.25, 0.3) is 5.91 Å². The van der Waals surface area contributed by atoms with Gasteiger partial charge in [0.15, 0.2) is 0 Å². The number of amides is 1. The van der Waals surface area contributed by atoms with E-state index in [1.54, 1.807) is 0 Å². The van der Waals surface area contributed by atoms with Gasteiger partial charge in [0.1, 0.15) is 5.75 Å². The Morgan fingerprint density at radius 1 is 1.08 bits per heavy atom. The van der Waals surface area contributed by atoms with Crippen LogP contribution in [-0.2, 0) is 15.6 Å². The molecule has 0 saturated carbocycles. The Balaban J connectivity index is 2.17. The molecular formula is C21H34N2O3. The van der Waals surface area contributed by atoms with Crippen molar-refractivity contribution in [2.75, 3.05) is 39.4 Å². The van der Waals surface area contributed by atoms with Gasteiger partial charge in [-0.25, -0.2) is 0 Å². The zero-order valence-electron chi connectivity index (χ0n) is 17.1. The van der Waals surface area contributed by atoms with Gasteiger partial charge in [-0.1, -0.05) is 41.5 Å². The second kappa shape index (κ2) is 7.97. The van der Waals surface area contributed by atoms with Gasteiger partial charge in [0.2, 0.25) is 0 Å². The van der Waals surface area contributed by atoms with Crippen LogP contribution >= 0.6 is 0 Å². The fraction of sp³-hybridized carbons (Fsp3) is 0.667. The Labute approximate surface area is 157 Å². The van der Waals surface area contributed by atoms with Crippen molar-refractivity contribution >= 4 is 5.91 Å². The van der Waals surface area contributed by atoms with Gasteiger partial charge < -0.3 is 15.2 Å². The van der Waals surface area contributed by atoms with E-state index < -0.39 is 0 Å². The Hall–Kier alpha value is -1.59. The highest BCUT2D eigenvalue weighted by molar-refractivity contribution is 5.95. The number of benzene rings is 1. The maximum absolute atomic E-state index is 12.7. The number of carbonyl (C=O) groups is 1. The molecule has 0 radical (unpaired) electrons. The highest BCUT2D eigenvalue weighted by Gasteiger charge is 2.27. The molecule has 0 atom stereocenters. The molecule has 1 heterocycles. The zero-order chi connectivity index (χ0) is 19.5. The highest BCUT2D eigenvalue weighted by atomic mass is 16.5. The number of rotatable bonds is 4. The van der Waals surface area contributed by atoms with Crippen LogP contribution in [0.1, 0.15) is 63.0 Å². The smallest absolute Gasteiger partial charge is 0.251 e. The van der Waals surface area contributed by atoms with Crippen LogP contribution in [0.25, 0.3) is 0 Å². The van der Waals surface area contributed by atoms with Crippen LogP contribution < -0.4 is 5.32 Å². The highest BCUT2D eigenvalue weighted by Crippen LogP contribution is 2.39. The molecule has 0 bridgehead atoms. The van der Waals surface area contributed by atoms with Crippen molar-refractivity contribution in [3.8, 4) is 5.75 Å². The summed E-state index contributed by atoms with van der Waals surface area (Å²) in [6, 6.07) is 3.66. The number of carbonyl (C=O) groups excluding carboxylic acids is 1. The summed E-state index contributed by atoms with van der Waals surface area (Å²) < 4.78 is 5.34. The summed E-state index contributed by atoms with van der Waals surface area (Å²) in [5.74, 6) is 0.212. The van der Waals surface area contributed by atoms with Crippen LogP contribution in [0.15, 0.2) is 12.1 Å². The van der Waals surface area contributed by atoms with Crippen LogP contribution in [-0.4, -0.2) is 55.3 Å². The van der Waals surface area contributed by atoms with E-state index in [-0.39, 0.29) is 16.7 Å². The summed E-state index contributed by atoms with van der Waals surface area (Å²) in [7, 11) is 0. The topological polar surface area (TPSA) is 61.8 Å². The largest absolute Gasteiger partial charge is 0.507 e. The number of morpholine rings is 1. The van der Waals surface area contributed by atoms with E-state index in [1.165, 1.54) is 0 Å². The van der Waals surface area contributed by atoms with Crippen LogP contribution in [0.3, 0.4) is 0 Å². The lowest BCUT2D eigenvalue weighted by Crippen LogP contribution is -2.41. The molecule has 146 valence electrons. The molecule has 1 amide bonds. The van der Waals surface area contributed by atoms with E-state index in [2.05, 4.69) is 51.8 Å². The monoisotopic (exact) mass is 362 g/mol. The summed E-state index contributed by atoms with van der Waals surface area (Å²) >= 11 is 0. The summed E-state index contributed by atoms with van der Waals surface area (Å²) in [4.78, 5) is 15.0. The fourth-order valence-corrected chi connectivity index (χ4v) is 3.16. The minimum Gasteiger partial charge on any atom is -0.507 e. The lowest BCUT2D eigenvalue weighted by Gasteiger charge is -2.28. The zero-order valence-corrected chi connectivity index (χ0v) is 17.1. The quantitative estimate of drug-likeness (QED) is 0.864. The van der Waals surface area contributed by atoms with Gasteiger partial charge in [0, 0.05) is 42.9 Å². The summed E-state index contributed by atoms with van der Waals surface area (Å²) in [5, 5.41) is 13.8. The third-order valence-electron chi connectivity index (χ3n) is 4.81. The number of ether oxygens (including phenoxy) is 1. The van der Waals surface area contributed by atoms with E-state index in [0.717, 1.165) is 44.0 Å². The van der Waals surface area contributed by atoms with Gasteiger partial charge in [-0.2, -0.15) is 0 Å². The fourth-order valence-electron chi connectivity index (χ4n) is 3.16. The predicted octanol–water partition coefficient (Wildman–Crippen LogP) is 3.05. The van der Waals surface area contributed by atoms with Crippen LogP contribution in [0.4, 0.5) is 0 Å². The molecule has 1 saturated heterocycles. The second-order valence-corrected chi connectivity index (χ2v) is 9.13. The molecule has 0 unspecified atom stereocenters. The first-order valence-electron chi connectivity index (χ1n) is 9.46. The maximum atomic E-state index is 12.7. The molecule has 1 aromatic carbocycles. The lowest BCUT2D eigenvalue weighted by molar-refractivity contribution is 0.0383. The molecule has 1 aliphatic rings. The number of phenolic OH excluding ortho intramolecular Hbond substituents is 1. The third-order valence-corrected chi connectivity index (χ3v) is 4.81. The number of hydrogen-bond acceptors (Lipinski definition) is 4. The van der Waals surface area contributed by atoms with Gasteiger partial charge in [-0.05, 0) is 23.0 Å². The molecule has 5 nitrogen and oxygen atoms in total. The molecule has 1 aliphatic heterocycles. The number of nitrogens with zero attached hydrogens (tertiary/aromatic N) is 1. The minimum absolute atomic E-state index is 0.0886. The molecule has 2 N–H and O–H groups in total. The van der Waals surface area contributed by atoms with Gasteiger partial charge in [0.05, 0.1) is 13.2 Å². The Kier molecular flexibility index (Phi) is 6.35. The van der Waals surface area contributed by atoms with Crippen LogP contribution in [0, 0.1) is 0 Å². The molecular weight excluding hydrogens is 328 g/mol. The standard InChI is InChI=1S/C21H34N2O3/c1-20(2,3)16-13-15(14-17(18(16)24)21(4,5)6)19(25)22-7-8-23-9-11-26-12-10-23/h13-14,24H,7-12H2,1-6H3,(H,22,25). The molecule has 5 heteroatoms. The van der Waals surface area contributed by atoms with Crippen molar-refractivity contribution in [2.24, 2.45) is 0 Å². The van der Waals surface area contributed by atoms with Gasteiger partial charge in [-0.3, -0.25) is 9.69 Å². The average molecular weight is 363 g/mol. The minimum atomic E-state index is -0.242. The number of phenols is 1. The second-order valence-electron chi connectivity index (χ2n) is 9.13. The Morgan fingerprint density at radius 2 is 1.58 bits per heavy atom. The van der Waals surface area contributed by atoms with Crippen LogP contribution in [0.5, 0.6) is 5.75 Å². The van der Waals surface area contributed by atoms with Crippen molar-refractivity contribution in [1.29, 1.82) is 0 Å². The van der Waals surface area contributed by atoms with E-state index in [4.69, 9.17) is 4.74 Å². The summed E-state index contributed by atoms with van der Waals surface area (Å²) in [6.07, 6.45) is 0. The van der Waals surface area contributed by atoms with E-state index in [0.29, 0.717) is 17.9 Å².